The van der Waals surface area contributed by atoms with Crippen LogP contribution in [0.25, 0.3) is 16.9 Å². The number of hydrogen-bond acceptors (Lipinski definition) is 6. The Morgan fingerprint density at radius 3 is 2.51 bits per heavy atom. The van der Waals surface area contributed by atoms with Crippen LogP contribution in [0.3, 0.4) is 0 Å². The van der Waals surface area contributed by atoms with Gasteiger partial charge in [-0.15, -0.1) is 0 Å². The molecule has 8 nitrogen and oxygen atoms in total. The number of carbonyl (C=O) groups excluding carboxylic acids is 1. The van der Waals surface area contributed by atoms with Gasteiger partial charge < -0.3 is 15.2 Å². The van der Waals surface area contributed by atoms with Crippen LogP contribution in [0, 0.1) is 13.8 Å². The molecule has 2 N–H and O–H groups in total. The van der Waals surface area contributed by atoms with E-state index in [1.54, 1.807) is 49.8 Å². The van der Waals surface area contributed by atoms with E-state index in [1.807, 2.05) is 19.1 Å². The molecule has 0 saturated carbocycles. The maximum Gasteiger partial charge on any atom is 0.418 e. The third-order valence-corrected chi connectivity index (χ3v) is 6.00. The number of pyridine rings is 1. The van der Waals surface area contributed by atoms with Crippen LogP contribution >= 0.6 is 0 Å². The maximum atomic E-state index is 13.9. The number of amides is 1. The highest BCUT2D eigenvalue weighted by molar-refractivity contribution is 6.04. The van der Waals surface area contributed by atoms with Crippen molar-refractivity contribution in [3.05, 3.63) is 108 Å². The highest BCUT2D eigenvalue weighted by Crippen LogP contribution is 2.35. The van der Waals surface area contributed by atoms with Crippen molar-refractivity contribution in [3.63, 3.8) is 0 Å². The molecule has 39 heavy (non-hydrogen) atoms. The zero-order valence-electron chi connectivity index (χ0n) is 20.9. The summed E-state index contributed by atoms with van der Waals surface area (Å²) in [5.41, 5.74) is 2.19. The lowest BCUT2D eigenvalue weighted by Gasteiger charge is -2.16. The summed E-state index contributed by atoms with van der Waals surface area (Å²) >= 11 is 0. The van der Waals surface area contributed by atoms with Crippen LogP contribution in [0.1, 0.15) is 27.3 Å². The van der Waals surface area contributed by atoms with E-state index < -0.39 is 17.6 Å². The molecule has 0 spiro atoms. The van der Waals surface area contributed by atoms with Crippen LogP contribution in [0.5, 0.6) is 0 Å². The molecule has 5 aromatic rings. The van der Waals surface area contributed by atoms with Crippen LogP contribution in [0.4, 0.5) is 30.5 Å². The second kappa shape index (κ2) is 10.4. The van der Waals surface area contributed by atoms with E-state index in [1.165, 1.54) is 29.1 Å². The molecule has 1 amide bonds. The van der Waals surface area contributed by atoms with E-state index >= 15 is 0 Å². The number of benzene rings is 2. The predicted molar refractivity (Wildman–Crippen MR) is 141 cm³/mol. The number of hydrogen-bond donors (Lipinski definition) is 2. The Kier molecular flexibility index (Phi) is 6.80. The van der Waals surface area contributed by atoms with E-state index in [9.17, 15) is 18.0 Å². The summed E-state index contributed by atoms with van der Waals surface area (Å²) in [4.78, 5) is 29.9. The molecule has 2 aromatic carbocycles. The number of alkyl halides is 3. The lowest BCUT2D eigenvalue weighted by molar-refractivity contribution is -0.137. The van der Waals surface area contributed by atoms with Crippen molar-refractivity contribution >= 4 is 23.2 Å². The Morgan fingerprint density at radius 1 is 0.949 bits per heavy atom. The van der Waals surface area contributed by atoms with Crippen LogP contribution in [0.2, 0.25) is 0 Å². The lowest BCUT2D eigenvalue weighted by Crippen LogP contribution is -2.16. The number of aryl methyl sites for hydroxylation is 2. The Bertz CT molecular complexity index is 1650. The van der Waals surface area contributed by atoms with Gasteiger partial charge >= 0.3 is 6.18 Å². The summed E-state index contributed by atoms with van der Waals surface area (Å²) in [6, 6.07) is 14.0. The van der Waals surface area contributed by atoms with E-state index in [4.69, 9.17) is 0 Å². The highest BCUT2D eigenvalue weighted by Gasteiger charge is 2.35. The first-order chi connectivity index (χ1) is 18.7. The van der Waals surface area contributed by atoms with Crippen LogP contribution in [0.15, 0.2) is 85.6 Å². The summed E-state index contributed by atoms with van der Waals surface area (Å²) < 4.78 is 43.0. The average molecular weight is 530 g/mol. The number of nitrogens with zero attached hydrogens (tertiary/aromatic N) is 5. The quantitative estimate of drug-likeness (QED) is 0.266. The summed E-state index contributed by atoms with van der Waals surface area (Å²) in [6.45, 7) is 3.47. The molecule has 0 radical (unpaired) electrons. The van der Waals surface area contributed by atoms with E-state index in [-0.39, 0.29) is 11.3 Å². The molecule has 5 rings (SSSR count). The van der Waals surface area contributed by atoms with Crippen molar-refractivity contribution in [1.29, 1.82) is 0 Å². The number of halogens is 3. The standard InChI is InChI=1S/C28H22F3N7O/c1-17-5-7-21(15-24(17)37-27-34-11-9-23(36-27)20-4-3-10-32-16-20)35-26(39)19-6-8-25(22(14-19)28(29,30)31)38-13-12-33-18(38)2/h3-16H,1-2H3,(H,35,39)(H,34,36,37). The van der Waals surface area contributed by atoms with Gasteiger partial charge in [0.25, 0.3) is 5.91 Å². The fourth-order valence-corrected chi connectivity index (χ4v) is 4.00. The average Bonchev–Trinajstić information content (AvgIpc) is 3.36. The van der Waals surface area contributed by atoms with Gasteiger partial charge in [-0.05, 0) is 67.9 Å². The second-order valence-corrected chi connectivity index (χ2v) is 8.69. The van der Waals surface area contributed by atoms with E-state index in [0.717, 1.165) is 17.2 Å². The Hall–Kier alpha value is -5.06. The first kappa shape index (κ1) is 25.6. The lowest BCUT2D eigenvalue weighted by atomic mass is 10.1. The second-order valence-electron chi connectivity index (χ2n) is 8.69. The summed E-state index contributed by atoms with van der Waals surface area (Å²) in [7, 11) is 0. The third-order valence-electron chi connectivity index (χ3n) is 6.00. The molecule has 0 aliphatic rings. The summed E-state index contributed by atoms with van der Waals surface area (Å²) in [5, 5.41) is 5.82. The highest BCUT2D eigenvalue weighted by atomic mass is 19.4. The fourth-order valence-electron chi connectivity index (χ4n) is 4.00. The van der Waals surface area contributed by atoms with Gasteiger partial charge in [0, 0.05) is 53.5 Å². The van der Waals surface area contributed by atoms with Crippen molar-refractivity contribution in [2.24, 2.45) is 0 Å². The molecule has 0 bridgehead atoms. The normalized spacial score (nSPS) is 11.3. The van der Waals surface area contributed by atoms with E-state index in [2.05, 4.69) is 30.6 Å². The molecule has 0 aliphatic carbocycles. The number of carbonyl (C=O) groups is 1. The van der Waals surface area contributed by atoms with Gasteiger partial charge in [0.15, 0.2) is 0 Å². The molecule has 11 heteroatoms. The predicted octanol–water partition coefficient (Wildman–Crippen LogP) is 6.36. The van der Waals surface area contributed by atoms with E-state index in [0.29, 0.717) is 28.8 Å². The summed E-state index contributed by atoms with van der Waals surface area (Å²) in [6.07, 6.45) is 3.17. The van der Waals surface area contributed by atoms with Gasteiger partial charge in [-0.3, -0.25) is 9.78 Å². The van der Waals surface area contributed by atoms with Crippen molar-refractivity contribution in [1.82, 2.24) is 24.5 Å². The zero-order valence-corrected chi connectivity index (χ0v) is 20.9. The number of aromatic nitrogens is 5. The van der Waals surface area contributed by atoms with Crippen LogP contribution in [-0.4, -0.2) is 30.4 Å². The first-order valence-corrected chi connectivity index (χ1v) is 11.8. The minimum absolute atomic E-state index is 0.107. The molecule has 0 atom stereocenters. The SMILES string of the molecule is Cc1ccc(NC(=O)c2ccc(-n3ccnc3C)c(C(F)(F)F)c2)cc1Nc1nccc(-c2cccnc2)n1. The molecule has 3 heterocycles. The number of rotatable bonds is 6. The van der Waals surface area contributed by atoms with Crippen LogP contribution in [-0.2, 0) is 6.18 Å². The number of anilines is 3. The molecule has 3 aromatic heterocycles. The fraction of sp³-hybridized carbons (Fsp3) is 0.107. The summed E-state index contributed by atoms with van der Waals surface area (Å²) in [5.74, 6) is 0.0505. The number of nitrogens with one attached hydrogen (secondary N) is 2. The minimum Gasteiger partial charge on any atom is -0.324 e. The Labute approximate surface area is 221 Å². The maximum absolute atomic E-state index is 13.9. The first-order valence-electron chi connectivity index (χ1n) is 11.8. The molecule has 0 saturated heterocycles. The van der Waals surface area contributed by atoms with Crippen molar-refractivity contribution in [3.8, 4) is 16.9 Å². The van der Waals surface area contributed by atoms with Gasteiger partial charge in [-0.1, -0.05) is 6.07 Å². The van der Waals surface area contributed by atoms with Gasteiger partial charge in [-0.25, -0.2) is 15.0 Å². The minimum atomic E-state index is -4.67. The monoisotopic (exact) mass is 529 g/mol. The number of imidazole rings is 1. The zero-order chi connectivity index (χ0) is 27.6. The molecule has 0 fully saturated rings. The van der Waals surface area contributed by atoms with Crippen LogP contribution < -0.4 is 10.6 Å². The molecule has 0 unspecified atom stereocenters. The molecular formula is C28H22F3N7O. The largest absolute Gasteiger partial charge is 0.418 e. The van der Waals surface area contributed by atoms with Gasteiger partial charge in [0.2, 0.25) is 5.95 Å². The topological polar surface area (TPSA) is 97.6 Å². The molecule has 196 valence electrons. The molecule has 0 aliphatic heterocycles. The Morgan fingerprint density at radius 2 is 1.79 bits per heavy atom. The third kappa shape index (κ3) is 5.61. The van der Waals surface area contributed by atoms with Gasteiger partial charge in [0.1, 0.15) is 5.82 Å². The van der Waals surface area contributed by atoms with Crippen molar-refractivity contribution in [2.45, 2.75) is 20.0 Å². The van der Waals surface area contributed by atoms with Crippen molar-refractivity contribution < 1.29 is 18.0 Å². The van der Waals surface area contributed by atoms with Gasteiger partial charge in [0.05, 0.1) is 16.9 Å². The van der Waals surface area contributed by atoms with Gasteiger partial charge in [-0.2, -0.15) is 13.2 Å². The Balaban J connectivity index is 1.39. The molecular weight excluding hydrogens is 507 g/mol. The van der Waals surface area contributed by atoms with Crippen molar-refractivity contribution in [2.75, 3.05) is 10.6 Å². The smallest absolute Gasteiger partial charge is 0.324 e.